The van der Waals surface area contributed by atoms with E-state index in [4.69, 9.17) is 4.74 Å². The Morgan fingerprint density at radius 2 is 2.24 bits per heavy atom. The van der Waals surface area contributed by atoms with Crippen LogP contribution in [0.4, 0.5) is 0 Å². The van der Waals surface area contributed by atoms with Crippen LogP contribution in [0.3, 0.4) is 0 Å². The largest absolute Gasteiger partial charge is 0.497 e. The van der Waals surface area contributed by atoms with Gasteiger partial charge in [-0.1, -0.05) is 22.0 Å². The van der Waals surface area contributed by atoms with Crippen LogP contribution in [0.5, 0.6) is 5.75 Å². The third-order valence-electron chi connectivity index (χ3n) is 4.14. The van der Waals surface area contributed by atoms with Gasteiger partial charge in [-0.15, -0.1) is 0 Å². The van der Waals surface area contributed by atoms with Crippen LogP contribution in [0.1, 0.15) is 41.7 Å². The van der Waals surface area contributed by atoms with E-state index in [2.05, 4.69) is 27.0 Å². The summed E-state index contributed by atoms with van der Waals surface area (Å²) in [5.41, 5.74) is 3.15. The number of ether oxygens (including phenoxy) is 1. The number of hydrogen-bond acceptors (Lipinski definition) is 3. The molecule has 0 saturated heterocycles. The average molecular weight is 348 g/mol. The lowest BCUT2D eigenvalue weighted by atomic mass is 9.81. The molecule has 3 rings (SSSR count). The molecule has 4 heteroatoms. The molecule has 0 amide bonds. The molecule has 1 aliphatic rings. The number of halogens is 1. The van der Waals surface area contributed by atoms with Crippen molar-refractivity contribution in [3.05, 3.63) is 57.8 Å². The molecule has 0 bridgehead atoms. The minimum absolute atomic E-state index is 0.0401. The SMILES string of the molecule is COc1ccc(Br)c(C(O)C2CCCc3cccnc32)c1. The normalized spacial score (nSPS) is 18.9. The van der Waals surface area contributed by atoms with E-state index >= 15 is 0 Å². The molecule has 1 aromatic heterocycles. The van der Waals surface area contributed by atoms with Crippen LogP contribution in [0.2, 0.25) is 0 Å². The fourth-order valence-electron chi connectivity index (χ4n) is 3.04. The monoisotopic (exact) mass is 347 g/mol. The fraction of sp³-hybridized carbons (Fsp3) is 0.353. The second kappa shape index (κ2) is 6.16. The Hall–Kier alpha value is -1.39. The number of rotatable bonds is 3. The van der Waals surface area contributed by atoms with Crippen molar-refractivity contribution in [1.82, 2.24) is 4.98 Å². The van der Waals surface area contributed by atoms with E-state index in [0.29, 0.717) is 0 Å². The number of hydrogen-bond donors (Lipinski definition) is 1. The van der Waals surface area contributed by atoms with E-state index in [-0.39, 0.29) is 5.92 Å². The second-order valence-corrected chi connectivity index (χ2v) is 6.23. The van der Waals surface area contributed by atoms with Gasteiger partial charge in [0.2, 0.25) is 0 Å². The average Bonchev–Trinajstić information content (AvgIpc) is 2.54. The lowest BCUT2D eigenvalue weighted by Gasteiger charge is -2.29. The predicted octanol–water partition coefficient (Wildman–Crippen LogP) is 4.01. The number of methoxy groups -OCH3 is 1. The Labute approximate surface area is 133 Å². The van der Waals surface area contributed by atoms with Crippen LogP contribution in [0, 0.1) is 0 Å². The van der Waals surface area contributed by atoms with Crippen molar-refractivity contribution in [1.29, 1.82) is 0 Å². The Bertz CT molecular complexity index is 644. The summed E-state index contributed by atoms with van der Waals surface area (Å²) in [6, 6.07) is 9.77. The minimum atomic E-state index is -0.580. The topological polar surface area (TPSA) is 42.4 Å². The van der Waals surface area contributed by atoms with E-state index in [1.54, 1.807) is 7.11 Å². The quantitative estimate of drug-likeness (QED) is 0.912. The van der Waals surface area contributed by atoms with Crippen molar-refractivity contribution in [2.24, 2.45) is 0 Å². The van der Waals surface area contributed by atoms with Crippen LogP contribution in [-0.2, 0) is 6.42 Å². The Morgan fingerprint density at radius 3 is 3.05 bits per heavy atom. The number of aliphatic hydroxyl groups excluding tert-OH is 1. The molecule has 1 aromatic carbocycles. The predicted molar refractivity (Wildman–Crippen MR) is 85.6 cm³/mol. The van der Waals surface area contributed by atoms with Gasteiger partial charge in [-0.3, -0.25) is 4.98 Å². The van der Waals surface area contributed by atoms with Crippen molar-refractivity contribution in [2.45, 2.75) is 31.3 Å². The molecular formula is C17H18BrNO2. The summed E-state index contributed by atoms with van der Waals surface area (Å²) in [4.78, 5) is 4.51. The molecule has 3 nitrogen and oxygen atoms in total. The molecule has 21 heavy (non-hydrogen) atoms. The maximum Gasteiger partial charge on any atom is 0.119 e. The van der Waals surface area contributed by atoms with Crippen LogP contribution in [0.15, 0.2) is 41.0 Å². The van der Waals surface area contributed by atoms with E-state index in [1.165, 1.54) is 5.56 Å². The van der Waals surface area contributed by atoms with Gasteiger partial charge in [0.15, 0.2) is 0 Å². The molecule has 2 aromatic rings. The molecule has 0 radical (unpaired) electrons. The molecule has 1 heterocycles. The van der Waals surface area contributed by atoms with Crippen molar-refractivity contribution < 1.29 is 9.84 Å². The zero-order valence-corrected chi connectivity index (χ0v) is 13.5. The molecule has 2 atom stereocenters. The van der Waals surface area contributed by atoms with Gasteiger partial charge in [-0.25, -0.2) is 0 Å². The maximum atomic E-state index is 10.9. The van der Waals surface area contributed by atoms with Gasteiger partial charge >= 0.3 is 0 Å². The molecule has 1 N–H and O–H groups in total. The Kier molecular flexibility index (Phi) is 4.27. The van der Waals surface area contributed by atoms with E-state index in [1.807, 2.05) is 30.5 Å². The number of aryl methyl sites for hydroxylation is 1. The third-order valence-corrected chi connectivity index (χ3v) is 4.86. The Morgan fingerprint density at radius 1 is 1.38 bits per heavy atom. The molecule has 0 saturated carbocycles. The van der Waals surface area contributed by atoms with Gasteiger partial charge in [0.1, 0.15) is 5.75 Å². The zero-order valence-electron chi connectivity index (χ0n) is 11.9. The summed E-state index contributed by atoms with van der Waals surface area (Å²) in [6.45, 7) is 0. The fourth-order valence-corrected chi connectivity index (χ4v) is 3.53. The first-order chi connectivity index (χ1) is 10.2. The van der Waals surface area contributed by atoms with Crippen molar-refractivity contribution in [3.63, 3.8) is 0 Å². The highest BCUT2D eigenvalue weighted by Crippen LogP contribution is 2.41. The highest BCUT2D eigenvalue weighted by Gasteiger charge is 2.30. The highest BCUT2D eigenvalue weighted by atomic mass is 79.9. The van der Waals surface area contributed by atoms with Gasteiger partial charge < -0.3 is 9.84 Å². The molecule has 0 fully saturated rings. The lowest BCUT2D eigenvalue weighted by molar-refractivity contribution is 0.133. The number of nitrogens with zero attached hydrogens (tertiary/aromatic N) is 1. The van der Waals surface area contributed by atoms with Gasteiger partial charge in [0, 0.05) is 22.3 Å². The van der Waals surface area contributed by atoms with Crippen LogP contribution in [-0.4, -0.2) is 17.2 Å². The molecule has 0 aliphatic heterocycles. The number of benzene rings is 1. The van der Waals surface area contributed by atoms with Crippen molar-refractivity contribution in [3.8, 4) is 5.75 Å². The number of fused-ring (bicyclic) bond motifs is 1. The lowest BCUT2D eigenvalue weighted by Crippen LogP contribution is -2.19. The van der Waals surface area contributed by atoms with Crippen molar-refractivity contribution in [2.75, 3.05) is 7.11 Å². The molecular weight excluding hydrogens is 330 g/mol. The summed E-state index contributed by atoms with van der Waals surface area (Å²) in [7, 11) is 1.64. The molecule has 110 valence electrons. The standard InChI is InChI=1S/C17H18BrNO2/c1-21-12-7-8-15(18)14(10-12)17(20)13-6-2-4-11-5-3-9-19-16(11)13/h3,5,7-10,13,17,20H,2,4,6H2,1H3. The van der Waals surface area contributed by atoms with E-state index in [0.717, 1.165) is 40.7 Å². The summed E-state index contributed by atoms with van der Waals surface area (Å²) >= 11 is 3.53. The van der Waals surface area contributed by atoms with Gasteiger partial charge in [-0.2, -0.15) is 0 Å². The van der Waals surface area contributed by atoms with Crippen molar-refractivity contribution >= 4 is 15.9 Å². The number of aromatic nitrogens is 1. The van der Waals surface area contributed by atoms with E-state index in [9.17, 15) is 5.11 Å². The first kappa shape index (κ1) is 14.5. The summed E-state index contributed by atoms with van der Waals surface area (Å²) in [6.07, 6.45) is 4.32. The van der Waals surface area contributed by atoms with Crippen LogP contribution >= 0.6 is 15.9 Å². The second-order valence-electron chi connectivity index (χ2n) is 5.38. The van der Waals surface area contributed by atoms with E-state index < -0.39 is 6.10 Å². The summed E-state index contributed by atoms with van der Waals surface area (Å²) in [5, 5.41) is 10.9. The maximum absolute atomic E-state index is 10.9. The Balaban J connectivity index is 1.98. The number of aliphatic hydroxyl groups is 1. The molecule has 1 aliphatic carbocycles. The van der Waals surface area contributed by atoms with Crippen LogP contribution in [0.25, 0.3) is 0 Å². The first-order valence-electron chi connectivity index (χ1n) is 7.16. The van der Waals surface area contributed by atoms with Crippen LogP contribution < -0.4 is 4.74 Å². The van der Waals surface area contributed by atoms with Gasteiger partial charge in [0.05, 0.1) is 13.2 Å². The third kappa shape index (κ3) is 2.83. The molecule has 0 spiro atoms. The van der Waals surface area contributed by atoms with Gasteiger partial charge in [-0.05, 0) is 54.7 Å². The minimum Gasteiger partial charge on any atom is -0.497 e. The smallest absolute Gasteiger partial charge is 0.119 e. The molecule has 2 unspecified atom stereocenters. The first-order valence-corrected chi connectivity index (χ1v) is 7.95. The summed E-state index contributed by atoms with van der Waals surface area (Å²) < 4.78 is 6.17. The highest BCUT2D eigenvalue weighted by molar-refractivity contribution is 9.10. The number of pyridine rings is 1. The zero-order chi connectivity index (χ0) is 14.8. The summed E-state index contributed by atoms with van der Waals surface area (Å²) in [5.74, 6) is 0.794. The van der Waals surface area contributed by atoms with Gasteiger partial charge in [0.25, 0.3) is 0 Å².